The SMILES string of the molecule is CC(=O)Cc1ccc(N=Nc2cc3sc(CS(=O)(=O)c4ccc(CC(=O)C(F)(F)F)cc4)nc3s2)cc1. The fourth-order valence-corrected chi connectivity index (χ4v) is 6.96. The van der Waals surface area contributed by atoms with Gasteiger partial charge in [0.2, 0.25) is 5.78 Å². The monoisotopic (exact) mass is 565 g/mol. The first-order valence-corrected chi connectivity index (χ1v) is 14.0. The van der Waals surface area contributed by atoms with Gasteiger partial charge in [0.15, 0.2) is 9.84 Å². The molecule has 4 aromatic rings. The van der Waals surface area contributed by atoms with Crippen LogP contribution in [-0.4, -0.2) is 31.1 Å². The van der Waals surface area contributed by atoms with Crippen molar-refractivity contribution < 1.29 is 31.2 Å². The van der Waals surface area contributed by atoms with E-state index in [1.165, 1.54) is 53.9 Å². The summed E-state index contributed by atoms with van der Waals surface area (Å²) in [6.07, 6.45) is -5.43. The Balaban J connectivity index is 1.41. The van der Waals surface area contributed by atoms with Gasteiger partial charge in [-0.15, -0.1) is 21.6 Å². The van der Waals surface area contributed by atoms with Gasteiger partial charge in [-0.05, 0) is 48.4 Å². The van der Waals surface area contributed by atoms with Gasteiger partial charge >= 0.3 is 6.18 Å². The molecule has 7 nitrogen and oxygen atoms in total. The molecule has 0 aliphatic rings. The predicted molar refractivity (Wildman–Crippen MR) is 135 cm³/mol. The average molecular weight is 566 g/mol. The van der Waals surface area contributed by atoms with E-state index in [0.717, 1.165) is 10.3 Å². The minimum absolute atomic E-state index is 0.0712. The topological polar surface area (TPSA) is 106 Å². The van der Waals surface area contributed by atoms with Gasteiger partial charge in [0, 0.05) is 12.8 Å². The standard InChI is InChI=1S/C24H18F3N3O4S3/c1-14(31)10-15-2-6-17(7-3-15)29-30-21-12-19-23(36-21)28-22(35-19)13-37(33,34)18-8-4-16(5-9-18)11-20(32)24(25,26)27/h2-9,12H,10-11,13H2,1H3. The molecular formula is C24H18F3N3O4S3. The number of azo groups is 1. The van der Waals surface area contributed by atoms with E-state index >= 15 is 0 Å². The number of fused-ring (bicyclic) bond motifs is 1. The van der Waals surface area contributed by atoms with Gasteiger partial charge in [0.1, 0.15) is 26.4 Å². The second-order valence-electron chi connectivity index (χ2n) is 8.11. The summed E-state index contributed by atoms with van der Waals surface area (Å²) in [7, 11) is -3.80. The summed E-state index contributed by atoms with van der Waals surface area (Å²) in [6, 6.07) is 13.7. The van der Waals surface area contributed by atoms with Crippen molar-refractivity contribution in [2.24, 2.45) is 10.2 Å². The second-order valence-corrected chi connectivity index (χ2v) is 12.2. The lowest BCUT2D eigenvalue weighted by Crippen LogP contribution is -2.24. The summed E-state index contributed by atoms with van der Waals surface area (Å²) in [5.41, 5.74) is 1.59. The van der Waals surface area contributed by atoms with Crippen molar-refractivity contribution in [2.45, 2.75) is 36.6 Å². The largest absolute Gasteiger partial charge is 0.450 e. The molecule has 0 saturated carbocycles. The normalized spacial score (nSPS) is 12.4. The number of Topliss-reactive ketones (excluding diaryl/α,β-unsaturated/α-hetero) is 2. The number of nitrogens with zero attached hydrogens (tertiary/aromatic N) is 3. The molecule has 0 spiro atoms. The Morgan fingerprint density at radius 3 is 2.14 bits per heavy atom. The highest BCUT2D eigenvalue weighted by Gasteiger charge is 2.37. The lowest BCUT2D eigenvalue weighted by Gasteiger charge is -2.06. The number of aromatic nitrogens is 1. The van der Waals surface area contributed by atoms with Gasteiger partial charge in [-0.1, -0.05) is 35.6 Å². The van der Waals surface area contributed by atoms with Crippen molar-refractivity contribution >= 4 is 64.3 Å². The van der Waals surface area contributed by atoms with Crippen LogP contribution in [0, 0.1) is 0 Å². The van der Waals surface area contributed by atoms with Gasteiger partial charge in [-0.3, -0.25) is 9.59 Å². The van der Waals surface area contributed by atoms with Gasteiger partial charge in [0.05, 0.1) is 15.3 Å². The number of carbonyl (C=O) groups is 2. The molecule has 4 rings (SSSR count). The number of alkyl halides is 3. The molecule has 0 saturated heterocycles. The zero-order valence-electron chi connectivity index (χ0n) is 19.2. The third kappa shape index (κ3) is 6.93. The van der Waals surface area contributed by atoms with E-state index in [-0.39, 0.29) is 22.0 Å². The Hall–Kier alpha value is -3.29. The number of sulfone groups is 1. The van der Waals surface area contributed by atoms with Crippen LogP contribution in [0.2, 0.25) is 0 Å². The Kier molecular flexibility index (Phi) is 7.67. The number of thiophene rings is 1. The second kappa shape index (κ2) is 10.6. The molecule has 2 aromatic heterocycles. The highest BCUT2D eigenvalue weighted by atomic mass is 32.2. The van der Waals surface area contributed by atoms with Crippen LogP contribution in [0.5, 0.6) is 0 Å². The van der Waals surface area contributed by atoms with Crippen LogP contribution in [0.25, 0.3) is 9.53 Å². The lowest BCUT2D eigenvalue weighted by molar-refractivity contribution is -0.170. The fraction of sp³-hybridized carbons (Fsp3) is 0.208. The van der Waals surface area contributed by atoms with Gasteiger partial charge in [-0.2, -0.15) is 13.2 Å². The molecule has 0 radical (unpaired) electrons. The summed E-state index contributed by atoms with van der Waals surface area (Å²) in [4.78, 5) is 27.2. The van der Waals surface area contributed by atoms with E-state index in [0.29, 0.717) is 26.9 Å². The van der Waals surface area contributed by atoms with Crippen LogP contribution < -0.4 is 0 Å². The maximum absolute atomic E-state index is 12.8. The van der Waals surface area contributed by atoms with Crippen LogP contribution in [-0.2, 0) is 38.0 Å². The van der Waals surface area contributed by atoms with Gasteiger partial charge in [0.25, 0.3) is 0 Å². The molecule has 0 fully saturated rings. The van der Waals surface area contributed by atoms with E-state index in [9.17, 15) is 31.2 Å². The Bertz CT molecular complexity index is 1560. The van der Waals surface area contributed by atoms with E-state index in [1.54, 1.807) is 18.2 Å². The van der Waals surface area contributed by atoms with E-state index in [1.807, 2.05) is 12.1 Å². The summed E-state index contributed by atoms with van der Waals surface area (Å²) >= 11 is 2.46. The van der Waals surface area contributed by atoms with Crippen LogP contribution in [0.15, 0.2) is 69.7 Å². The summed E-state index contributed by atoms with van der Waals surface area (Å²) in [6.45, 7) is 1.53. The first-order valence-electron chi connectivity index (χ1n) is 10.7. The highest BCUT2D eigenvalue weighted by molar-refractivity contribution is 7.90. The minimum Gasteiger partial charge on any atom is -0.300 e. The number of rotatable bonds is 9. The number of ketones is 2. The Morgan fingerprint density at radius 1 is 0.919 bits per heavy atom. The first-order chi connectivity index (χ1) is 17.4. The molecule has 0 amide bonds. The van der Waals surface area contributed by atoms with Crippen LogP contribution in [0.3, 0.4) is 0 Å². The van der Waals surface area contributed by atoms with Crippen molar-refractivity contribution in [1.82, 2.24) is 4.98 Å². The molecule has 0 aliphatic heterocycles. The smallest absolute Gasteiger partial charge is 0.300 e. The first kappa shape index (κ1) is 26.8. The van der Waals surface area contributed by atoms with Crippen molar-refractivity contribution in [3.8, 4) is 0 Å². The third-order valence-corrected chi connectivity index (χ3v) is 8.92. The third-order valence-electron chi connectivity index (χ3n) is 5.05. The van der Waals surface area contributed by atoms with Crippen molar-refractivity contribution in [1.29, 1.82) is 0 Å². The van der Waals surface area contributed by atoms with Crippen LogP contribution >= 0.6 is 22.7 Å². The molecule has 0 aliphatic carbocycles. The van der Waals surface area contributed by atoms with Crippen LogP contribution in [0.1, 0.15) is 23.1 Å². The molecule has 0 unspecified atom stereocenters. The minimum atomic E-state index is -4.94. The molecule has 192 valence electrons. The molecule has 0 bridgehead atoms. The fourth-order valence-electron chi connectivity index (χ4n) is 3.30. The maximum atomic E-state index is 12.8. The Morgan fingerprint density at radius 2 is 1.54 bits per heavy atom. The predicted octanol–water partition coefficient (Wildman–Crippen LogP) is 6.55. The van der Waals surface area contributed by atoms with E-state index in [2.05, 4.69) is 15.2 Å². The number of hydrogen-bond donors (Lipinski definition) is 0. The zero-order chi connectivity index (χ0) is 26.8. The van der Waals surface area contributed by atoms with Crippen LogP contribution in [0.4, 0.5) is 23.9 Å². The molecule has 2 heterocycles. The van der Waals surface area contributed by atoms with Crippen molar-refractivity contribution in [3.05, 3.63) is 70.7 Å². The lowest BCUT2D eigenvalue weighted by atomic mass is 10.1. The Labute approximate surface area is 217 Å². The summed E-state index contributed by atoms with van der Waals surface area (Å²) in [5.74, 6) is -2.20. The summed E-state index contributed by atoms with van der Waals surface area (Å²) in [5, 5.41) is 9.34. The number of benzene rings is 2. The molecular weight excluding hydrogens is 547 g/mol. The number of thiazole rings is 1. The van der Waals surface area contributed by atoms with Crippen molar-refractivity contribution in [3.63, 3.8) is 0 Å². The molecule has 2 aromatic carbocycles. The molecule has 0 N–H and O–H groups in total. The average Bonchev–Trinajstić information content (AvgIpc) is 3.35. The quantitative estimate of drug-likeness (QED) is 0.214. The van der Waals surface area contributed by atoms with Crippen molar-refractivity contribution in [2.75, 3.05) is 0 Å². The molecule has 37 heavy (non-hydrogen) atoms. The molecule has 13 heteroatoms. The van der Waals surface area contributed by atoms with Gasteiger partial charge in [-0.25, -0.2) is 13.4 Å². The van der Waals surface area contributed by atoms with E-state index in [4.69, 9.17) is 0 Å². The number of carbonyl (C=O) groups excluding carboxylic acids is 2. The number of halogens is 3. The summed E-state index contributed by atoms with van der Waals surface area (Å²) < 4.78 is 63.6. The highest BCUT2D eigenvalue weighted by Crippen LogP contribution is 2.37. The zero-order valence-corrected chi connectivity index (χ0v) is 21.6. The van der Waals surface area contributed by atoms with Gasteiger partial charge < -0.3 is 0 Å². The number of hydrogen-bond acceptors (Lipinski definition) is 9. The maximum Gasteiger partial charge on any atom is 0.450 e. The molecule has 0 atom stereocenters. The van der Waals surface area contributed by atoms with E-state index < -0.39 is 28.2 Å².